The summed E-state index contributed by atoms with van der Waals surface area (Å²) in [5.41, 5.74) is 6.36. The van der Waals surface area contributed by atoms with E-state index in [0.29, 0.717) is 16.4 Å². The zero-order valence-electron chi connectivity index (χ0n) is 22.7. The van der Waals surface area contributed by atoms with Crippen LogP contribution < -0.4 is 0 Å². The lowest BCUT2D eigenvalue weighted by Gasteiger charge is -2.32. The number of fused-ring (bicyclic) bond motifs is 1. The third kappa shape index (κ3) is 7.38. The Balaban J connectivity index is 1.74. The SMILES string of the molecule is CC(C=CC1=C(C)CCCC1(C)C)=CC=CC(C)=CC=Nc1cc2cc(Cl)ccc2nc1C(C)(C)O. The summed E-state index contributed by atoms with van der Waals surface area (Å²) in [4.78, 5) is 9.25. The average Bonchev–Trinajstić information content (AvgIpc) is 2.77. The van der Waals surface area contributed by atoms with Crippen molar-refractivity contribution in [1.82, 2.24) is 4.98 Å². The van der Waals surface area contributed by atoms with Gasteiger partial charge in [-0.1, -0.05) is 67.0 Å². The van der Waals surface area contributed by atoms with Crippen LogP contribution in [0.3, 0.4) is 0 Å². The van der Waals surface area contributed by atoms with Crippen LogP contribution in [-0.4, -0.2) is 16.3 Å². The number of hydrogen-bond donors (Lipinski definition) is 1. The average molecular weight is 503 g/mol. The van der Waals surface area contributed by atoms with Crippen LogP contribution in [0.25, 0.3) is 10.9 Å². The minimum atomic E-state index is -1.11. The minimum Gasteiger partial charge on any atom is -0.384 e. The molecule has 1 heterocycles. The summed E-state index contributed by atoms with van der Waals surface area (Å²) in [5.74, 6) is 0. The van der Waals surface area contributed by atoms with Gasteiger partial charge < -0.3 is 5.11 Å². The Bertz CT molecular complexity index is 1300. The van der Waals surface area contributed by atoms with Gasteiger partial charge in [0.1, 0.15) is 5.60 Å². The van der Waals surface area contributed by atoms with Crippen LogP contribution in [0.4, 0.5) is 5.69 Å². The van der Waals surface area contributed by atoms with Crippen molar-refractivity contribution in [3.8, 4) is 0 Å². The van der Waals surface area contributed by atoms with Crippen LogP contribution in [0.1, 0.15) is 73.4 Å². The van der Waals surface area contributed by atoms with Crippen LogP contribution in [0.2, 0.25) is 5.02 Å². The largest absolute Gasteiger partial charge is 0.384 e. The number of rotatable bonds is 7. The van der Waals surface area contributed by atoms with Gasteiger partial charge in [-0.3, -0.25) is 4.99 Å². The number of aliphatic hydroxyl groups is 1. The fourth-order valence-electron chi connectivity index (χ4n) is 4.61. The molecule has 190 valence electrons. The predicted octanol–water partition coefficient (Wildman–Crippen LogP) is 9.35. The molecule has 0 amide bonds. The van der Waals surface area contributed by atoms with E-state index >= 15 is 0 Å². The Hall–Kier alpha value is -2.75. The van der Waals surface area contributed by atoms with Crippen molar-refractivity contribution in [2.24, 2.45) is 10.4 Å². The summed E-state index contributed by atoms with van der Waals surface area (Å²) < 4.78 is 0. The normalized spacial score (nSPS) is 17.9. The number of nitrogens with zero attached hydrogens (tertiary/aromatic N) is 2. The number of pyridine rings is 1. The number of aromatic nitrogens is 1. The Kier molecular flexibility index (Phi) is 8.92. The monoisotopic (exact) mass is 502 g/mol. The van der Waals surface area contributed by atoms with Crippen molar-refractivity contribution in [1.29, 1.82) is 0 Å². The highest BCUT2D eigenvalue weighted by atomic mass is 35.5. The number of benzene rings is 1. The van der Waals surface area contributed by atoms with Gasteiger partial charge in [0.15, 0.2) is 0 Å². The molecule has 3 nitrogen and oxygen atoms in total. The number of halogens is 1. The molecule has 0 aliphatic heterocycles. The first-order chi connectivity index (χ1) is 16.9. The van der Waals surface area contributed by atoms with Crippen LogP contribution in [0.15, 0.2) is 88.0 Å². The zero-order valence-corrected chi connectivity index (χ0v) is 23.4. The van der Waals surface area contributed by atoms with Gasteiger partial charge in [-0.15, -0.1) is 0 Å². The first kappa shape index (κ1) is 27.8. The van der Waals surface area contributed by atoms with Gasteiger partial charge in [-0.2, -0.15) is 0 Å². The minimum absolute atomic E-state index is 0.255. The lowest BCUT2D eigenvalue weighted by Crippen LogP contribution is -2.19. The van der Waals surface area contributed by atoms with E-state index in [1.807, 2.05) is 31.2 Å². The van der Waals surface area contributed by atoms with E-state index in [1.54, 1.807) is 26.1 Å². The van der Waals surface area contributed by atoms with Gasteiger partial charge in [-0.25, -0.2) is 4.98 Å². The second-order valence-electron chi connectivity index (χ2n) is 11.0. The van der Waals surface area contributed by atoms with Crippen molar-refractivity contribution >= 4 is 34.4 Å². The molecular weight excluding hydrogens is 464 g/mol. The summed E-state index contributed by atoms with van der Waals surface area (Å²) in [6.07, 6.45) is 18.2. The number of hydrogen-bond acceptors (Lipinski definition) is 3. The first-order valence-corrected chi connectivity index (χ1v) is 13.0. The molecule has 0 unspecified atom stereocenters. The fraction of sp³-hybridized carbons (Fsp3) is 0.375. The molecule has 1 aliphatic carbocycles. The Morgan fingerprint density at radius 1 is 1.11 bits per heavy atom. The van der Waals surface area contributed by atoms with Gasteiger partial charge in [-0.05, 0) is 101 Å². The molecule has 0 saturated carbocycles. The highest BCUT2D eigenvalue weighted by Gasteiger charge is 2.26. The molecule has 36 heavy (non-hydrogen) atoms. The van der Waals surface area contributed by atoms with E-state index < -0.39 is 5.60 Å². The van der Waals surface area contributed by atoms with Crippen molar-refractivity contribution < 1.29 is 5.11 Å². The smallest absolute Gasteiger partial charge is 0.103 e. The molecule has 0 bridgehead atoms. The van der Waals surface area contributed by atoms with E-state index in [9.17, 15) is 5.11 Å². The van der Waals surface area contributed by atoms with E-state index in [-0.39, 0.29) is 5.41 Å². The van der Waals surface area contributed by atoms with Crippen molar-refractivity contribution in [2.75, 3.05) is 0 Å². The second-order valence-corrected chi connectivity index (χ2v) is 11.4. The molecule has 0 radical (unpaired) electrons. The maximum atomic E-state index is 10.6. The predicted molar refractivity (Wildman–Crippen MR) is 156 cm³/mol. The van der Waals surface area contributed by atoms with Crippen molar-refractivity contribution in [2.45, 2.75) is 73.3 Å². The molecule has 0 atom stereocenters. The molecule has 4 heteroatoms. The standard InChI is InChI=1S/C32H39ClN2O/c1-22(13-15-27-24(3)12-9-18-31(27,4)5)10-8-11-23(2)17-19-34-29-21-25-20-26(33)14-16-28(25)35-30(29)32(6,7)36/h8,10-11,13-17,19-21,36H,9,12,18H2,1-7H3. The van der Waals surface area contributed by atoms with Gasteiger partial charge in [0.25, 0.3) is 0 Å². The van der Waals surface area contributed by atoms with E-state index in [1.165, 1.54) is 36.0 Å². The second kappa shape index (κ2) is 11.5. The summed E-state index contributed by atoms with van der Waals surface area (Å²) in [6.45, 7) is 14.6. The number of aliphatic imine (C=N–C) groups is 1. The van der Waals surface area contributed by atoms with Crippen molar-refractivity contribution in [3.05, 3.63) is 93.7 Å². The highest BCUT2D eigenvalue weighted by molar-refractivity contribution is 6.31. The van der Waals surface area contributed by atoms with Gasteiger partial charge in [0.05, 0.1) is 16.9 Å². The van der Waals surface area contributed by atoms with Gasteiger partial charge >= 0.3 is 0 Å². The molecule has 3 rings (SSSR count). The molecule has 1 aromatic heterocycles. The van der Waals surface area contributed by atoms with E-state index in [0.717, 1.165) is 16.5 Å². The maximum Gasteiger partial charge on any atom is 0.103 e. The molecule has 0 spiro atoms. The summed E-state index contributed by atoms with van der Waals surface area (Å²) in [5, 5.41) is 12.2. The van der Waals surface area contributed by atoms with Crippen molar-refractivity contribution in [3.63, 3.8) is 0 Å². The topological polar surface area (TPSA) is 45.5 Å². The quantitative estimate of drug-likeness (QED) is 0.302. The molecular formula is C32H39ClN2O. The van der Waals surface area contributed by atoms with Gasteiger partial charge in [0, 0.05) is 16.6 Å². The van der Waals surface area contributed by atoms with E-state index in [4.69, 9.17) is 11.6 Å². The van der Waals surface area contributed by atoms with E-state index in [2.05, 4.69) is 68.1 Å². The third-order valence-electron chi connectivity index (χ3n) is 6.66. The molecule has 1 aromatic carbocycles. The molecule has 2 aromatic rings. The zero-order chi connectivity index (χ0) is 26.5. The number of allylic oxidation sites excluding steroid dienone is 10. The third-order valence-corrected chi connectivity index (χ3v) is 6.90. The molecule has 1 aliphatic rings. The Morgan fingerprint density at radius 2 is 1.83 bits per heavy atom. The Labute approximate surface area is 221 Å². The summed E-state index contributed by atoms with van der Waals surface area (Å²) in [6, 6.07) is 7.43. The molecule has 0 saturated heterocycles. The van der Waals surface area contributed by atoms with Crippen LogP contribution in [0, 0.1) is 5.41 Å². The summed E-state index contributed by atoms with van der Waals surface area (Å²) in [7, 11) is 0. The lowest BCUT2D eigenvalue weighted by molar-refractivity contribution is 0.0749. The first-order valence-electron chi connectivity index (χ1n) is 12.6. The Morgan fingerprint density at radius 3 is 2.53 bits per heavy atom. The highest BCUT2D eigenvalue weighted by Crippen LogP contribution is 2.40. The van der Waals surface area contributed by atoms with Crippen LogP contribution in [0.5, 0.6) is 0 Å². The fourth-order valence-corrected chi connectivity index (χ4v) is 4.79. The summed E-state index contributed by atoms with van der Waals surface area (Å²) >= 11 is 6.15. The maximum absolute atomic E-state index is 10.6. The van der Waals surface area contributed by atoms with Crippen LogP contribution in [-0.2, 0) is 5.60 Å². The van der Waals surface area contributed by atoms with Crippen LogP contribution >= 0.6 is 11.6 Å². The lowest BCUT2D eigenvalue weighted by atomic mass is 9.72. The molecule has 0 fully saturated rings. The molecule has 1 N–H and O–H groups in total. The van der Waals surface area contributed by atoms with Gasteiger partial charge in [0.2, 0.25) is 0 Å².